The topological polar surface area (TPSA) is 20.2 Å². The second kappa shape index (κ2) is 10.5. The zero-order valence-corrected chi connectivity index (χ0v) is 11.0. The quantitative estimate of drug-likeness (QED) is 0.535. The highest BCUT2D eigenvalue weighted by molar-refractivity contribution is 4.58. The fourth-order valence-electron chi connectivity index (χ4n) is 1.90. The summed E-state index contributed by atoms with van der Waals surface area (Å²) in [6.45, 7) is 7.10. The summed E-state index contributed by atoms with van der Waals surface area (Å²) in [5.74, 6) is 1.34. The Balaban J connectivity index is 3.21. The van der Waals surface area contributed by atoms with Gasteiger partial charge in [0.2, 0.25) is 0 Å². The fraction of sp³-hybridized carbons (Fsp3) is 1.00. The first-order valence-corrected chi connectivity index (χ1v) is 6.81. The average molecular weight is 214 g/mol. The van der Waals surface area contributed by atoms with Crippen molar-refractivity contribution in [3.63, 3.8) is 0 Å². The molecule has 1 nitrogen and oxygen atoms in total. The van der Waals surface area contributed by atoms with Gasteiger partial charge in [-0.25, -0.2) is 0 Å². The summed E-state index contributed by atoms with van der Waals surface area (Å²) in [5, 5.41) is 8.92. The van der Waals surface area contributed by atoms with Crippen LogP contribution in [0.15, 0.2) is 0 Å². The molecule has 0 aromatic heterocycles. The SMILES string of the molecule is CCCCCCCC(C)CCC(C)CO. The van der Waals surface area contributed by atoms with Gasteiger partial charge in [0.15, 0.2) is 0 Å². The van der Waals surface area contributed by atoms with E-state index in [9.17, 15) is 0 Å². The van der Waals surface area contributed by atoms with Crippen molar-refractivity contribution in [2.45, 2.75) is 72.1 Å². The number of unbranched alkanes of at least 4 members (excludes halogenated alkanes) is 4. The molecule has 0 aliphatic heterocycles. The maximum atomic E-state index is 8.92. The zero-order valence-electron chi connectivity index (χ0n) is 11.0. The summed E-state index contributed by atoms with van der Waals surface area (Å²) in [5.41, 5.74) is 0. The van der Waals surface area contributed by atoms with Gasteiger partial charge in [-0.2, -0.15) is 0 Å². The standard InChI is InChI=1S/C14H30O/c1-4-5-6-7-8-9-13(2)10-11-14(3)12-15/h13-15H,4-12H2,1-3H3. The molecule has 0 amide bonds. The lowest BCUT2D eigenvalue weighted by atomic mass is 9.94. The first-order chi connectivity index (χ1) is 7.20. The van der Waals surface area contributed by atoms with Crippen molar-refractivity contribution in [3.8, 4) is 0 Å². The van der Waals surface area contributed by atoms with Gasteiger partial charge in [0.25, 0.3) is 0 Å². The van der Waals surface area contributed by atoms with Crippen LogP contribution in [-0.4, -0.2) is 11.7 Å². The lowest BCUT2D eigenvalue weighted by molar-refractivity contribution is 0.221. The Kier molecular flexibility index (Phi) is 10.4. The van der Waals surface area contributed by atoms with Crippen LogP contribution in [-0.2, 0) is 0 Å². The van der Waals surface area contributed by atoms with E-state index in [1.165, 1.54) is 51.4 Å². The molecule has 0 rings (SSSR count). The zero-order chi connectivity index (χ0) is 11.5. The molecule has 2 atom stereocenters. The Morgan fingerprint density at radius 1 is 0.800 bits per heavy atom. The van der Waals surface area contributed by atoms with Gasteiger partial charge in [0, 0.05) is 6.61 Å². The van der Waals surface area contributed by atoms with Crippen molar-refractivity contribution in [1.29, 1.82) is 0 Å². The van der Waals surface area contributed by atoms with Gasteiger partial charge in [-0.3, -0.25) is 0 Å². The van der Waals surface area contributed by atoms with Gasteiger partial charge in [0.1, 0.15) is 0 Å². The molecule has 0 spiro atoms. The van der Waals surface area contributed by atoms with Gasteiger partial charge >= 0.3 is 0 Å². The molecule has 0 bridgehead atoms. The van der Waals surface area contributed by atoms with Gasteiger partial charge in [-0.15, -0.1) is 0 Å². The highest BCUT2D eigenvalue weighted by Crippen LogP contribution is 2.18. The maximum absolute atomic E-state index is 8.92. The van der Waals surface area contributed by atoms with E-state index in [1.807, 2.05) is 0 Å². The van der Waals surface area contributed by atoms with Crippen LogP contribution in [0.2, 0.25) is 0 Å². The summed E-state index contributed by atoms with van der Waals surface area (Å²) in [6, 6.07) is 0. The second-order valence-corrected chi connectivity index (χ2v) is 5.17. The molecule has 0 aliphatic carbocycles. The Morgan fingerprint density at radius 3 is 2.00 bits per heavy atom. The number of aliphatic hydroxyl groups is 1. The number of hydrogen-bond donors (Lipinski definition) is 1. The molecule has 0 aromatic carbocycles. The lowest BCUT2D eigenvalue weighted by Gasteiger charge is -2.13. The smallest absolute Gasteiger partial charge is 0.0456 e. The minimum atomic E-state index is 0.350. The highest BCUT2D eigenvalue weighted by Gasteiger charge is 2.05. The molecule has 0 heterocycles. The van der Waals surface area contributed by atoms with Crippen LogP contribution >= 0.6 is 0 Å². The number of hydrogen-bond acceptors (Lipinski definition) is 1. The van der Waals surface area contributed by atoms with E-state index in [1.54, 1.807) is 0 Å². The van der Waals surface area contributed by atoms with E-state index in [0.29, 0.717) is 12.5 Å². The van der Waals surface area contributed by atoms with E-state index in [2.05, 4.69) is 20.8 Å². The Labute approximate surface area is 96.3 Å². The van der Waals surface area contributed by atoms with Gasteiger partial charge < -0.3 is 5.11 Å². The van der Waals surface area contributed by atoms with E-state index >= 15 is 0 Å². The van der Waals surface area contributed by atoms with Crippen LogP contribution in [0.4, 0.5) is 0 Å². The predicted octanol–water partition coefficient (Wildman–Crippen LogP) is 4.39. The van der Waals surface area contributed by atoms with Crippen molar-refractivity contribution in [3.05, 3.63) is 0 Å². The van der Waals surface area contributed by atoms with Gasteiger partial charge in [-0.1, -0.05) is 65.7 Å². The summed E-state index contributed by atoms with van der Waals surface area (Å²) in [6.07, 6.45) is 10.8. The molecule has 0 saturated carbocycles. The molecule has 1 heteroatoms. The van der Waals surface area contributed by atoms with Crippen molar-refractivity contribution in [2.24, 2.45) is 11.8 Å². The molecule has 0 saturated heterocycles. The Hall–Kier alpha value is -0.0400. The van der Waals surface area contributed by atoms with Crippen molar-refractivity contribution in [2.75, 3.05) is 6.61 Å². The monoisotopic (exact) mass is 214 g/mol. The normalized spacial score (nSPS) is 15.2. The minimum Gasteiger partial charge on any atom is -0.396 e. The van der Waals surface area contributed by atoms with E-state index in [0.717, 1.165) is 5.92 Å². The molecule has 1 N–H and O–H groups in total. The van der Waals surface area contributed by atoms with Crippen LogP contribution in [0, 0.1) is 11.8 Å². The van der Waals surface area contributed by atoms with E-state index in [-0.39, 0.29) is 0 Å². The molecule has 0 radical (unpaired) electrons. The van der Waals surface area contributed by atoms with E-state index in [4.69, 9.17) is 5.11 Å². The van der Waals surface area contributed by atoms with Gasteiger partial charge in [-0.05, 0) is 18.3 Å². The maximum Gasteiger partial charge on any atom is 0.0456 e. The van der Waals surface area contributed by atoms with Crippen LogP contribution < -0.4 is 0 Å². The molecular formula is C14H30O. The third kappa shape index (κ3) is 10.2. The van der Waals surface area contributed by atoms with E-state index < -0.39 is 0 Å². The number of aliphatic hydroxyl groups excluding tert-OH is 1. The molecule has 0 aliphatic rings. The minimum absolute atomic E-state index is 0.350. The molecular weight excluding hydrogens is 184 g/mol. The van der Waals surface area contributed by atoms with Crippen LogP contribution in [0.1, 0.15) is 72.1 Å². The summed E-state index contributed by atoms with van der Waals surface area (Å²) in [7, 11) is 0. The molecule has 0 fully saturated rings. The summed E-state index contributed by atoms with van der Waals surface area (Å²) < 4.78 is 0. The van der Waals surface area contributed by atoms with Crippen molar-refractivity contribution < 1.29 is 5.11 Å². The first-order valence-electron chi connectivity index (χ1n) is 6.81. The van der Waals surface area contributed by atoms with Crippen LogP contribution in [0.3, 0.4) is 0 Å². The van der Waals surface area contributed by atoms with Gasteiger partial charge in [0.05, 0.1) is 0 Å². The summed E-state index contributed by atoms with van der Waals surface area (Å²) in [4.78, 5) is 0. The van der Waals surface area contributed by atoms with Crippen molar-refractivity contribution >= 4 is 0 Å². The fourth-order valence-corrected chi connectivity index (χ4v) is 1.90. The van der Waals surface area contributed by atoms with Crippen LogP contribution in [0.5, 0.6) is 0 Å². The Morgan fingerprint density at radius 2 is 1.40 bits per heavy atom. The predicted molar refractivity (Wildman–Crippen MR) is 68.0 cm³/mol. The third-order valence-corrected chi connectivity index (χ3v) is 3.26. The number of rotatable bonds is 10. The third-order valence-electron chi connectivity index (χ3n) is 3.26. The van der Waals surface area contributed by atoms with Crippen LogP contribution in [0.25, 0.3) is 0 Å². The molecule has 2 unspecified atom stereocenters. The second-order valence-electron chi connectivity index (χ2n) is 5.17. The molecule has 0 aromatic rings. The average Bonchev–Trinajstić information content (AvgIpc) is 2.25. The highest BCUT2D eigenvalue weighted by atomic mass is 16.3. The molecule has 15 heavy (non-hydrogen) atoms. The molecule has 92 valence electrons. The Bertz CT molecular complexity index is 123. The first kappa shape index (κ1) is 15.0. The summed E-state index contributed by atoms with van der Waals surface area (Å²) >= 11 is 0. The van der Waals surface area contributed by atoms with Crippen molar-refractivity contribution in [1.82, 2.24) is 0 Å². The lowest BCUT2D eigenvalue weighted by Crippen LogP contribution is -2.04. The largest absolute Gasteiger partial charge is 0.396 e.